The highest BCUT2D eigenvalue weighted by molar-refractivity contribution is 5.95. The van der Waals surface area contributed by atoms with Crippen molar-refractivity contribution in [2.45, 2.75) is 12.0 Å². The fourth-order valence-corrected chi connectivity index (χ4v) is 3.97. The Labute approximate surface area is 186 Å². The number of nitrogens with zero attached hydrogens (tertiary/aromatic N) is 2. The van der Waals surface area contributed by atoms with Gasteiger partial charge in [-0.3, -0.25) is 14.6 Å². The number of methoxy groups -OCH3 is 1. The lowest BCUT2D eigenvalue weighted by molar-refractivity contribution is -0.153. The van der Waals surface area contributed by atoms with E-state index >= 15 is 0 Å². The molecule has 0 aliphatic carbocycles. The van der Waals surface area contributed by atoms with E-state index in [9.17, 15) is 9.59 Å². The lowest BCUT2D eigenvalue weighted by Crippen LogP contribution is -2.61. The van der Waals surface area contributed by atoms with E-state index in [1.54, 1.807) is 48.7 Å². The van der Waals surface area contributed by atoms with Gasteiger partial charge in [0.1, 0.15) is 5.75 Å². The fourth-order valence-electron chi connectivity index (χ4n) is 3.97. The van der Waals surface area contributed by atoms with Gasteiger partial charge < -0.3 is 20.1 Å². The number of pyridine rings is 1. The van der Waals surface area contributed by atoms with E-state index in [4.69, 9.17) is 15.2 Å². The van der Waals surface area contributed by atoms with Gasteiger partial charge in [0, 0.05) is 30.9 Å². The summed E-state index contributed by atoms with van der Waals surface area (Å²) in [6, 6.07) is 18.7. The number of carbonyl (C=O) groups excluding carboxylic acids is 2. The predicted molar refractivity (Wildman–Crippen MR) is 120 cm³/mol. The molecule has 0 radical (unpaired) electrons. The molecule has 0 saturated carbocycles. The molecule has 3 aromatic rings. The van der Waals surface area contributed by atoms with Crippen LogP contribution in [0.5, 0.6) is 5.75 Å². The van der Waals surface area contributed by atoms with Crippen LogP contribution in [-0.4, -0.2) is 54.1 Å². The molecule has 2 aromatic carbocycles. The summed E-state index contributed by atoms with van der Waals surface area (Å²) in [5.74, 6) is -0.184. The molecule has 0 unspecified atom stereocenters. The third-order valence-electron chi connectivity index (χ3n) is 5.67. The highest BCUT2D eigenvalue weighted by Crippen LogP contribution is 2.27. The molecule has 1 atom stereocenters. The molecule has 2 N–H and O–H groups in total. The molecule has 164 valence electrons. The second-order valence-electron chi connectivity index (χ2n) is 7.78. The Balaban J connectivity index is 1.58. The summed E-state index contributed by atoms with van der Waals surface area (Å²) in [6.07, 6.45) is 3.74. The van der Waals surface area contributed by atoms with Crippen molar-refractivity contribution < 1.29 is 19.1 Å². The number of benzene rings is 2. The molecule has 1 aliphatic rings. The van der Waals surface area contributed by atoms with Crippen LogP contribution in [0.3, 0.4) is 0 Å². The van der Waals surface area contributed by atoms with Crippen LogP contribution in [0.25, 0.3) is 11.1 Å². The van der Waals surface area contributed by atoms with Crippen molar-refractivity contribution in [3.63, 3.8) is 0 Å². The molecule has 1 aromatic heterocycles. The highest BCUT2D eigenvalue weighted by atomic mass is 16.5. The van der Waals surface area contributed by atoms with E-state index in [0.717, 1.165) is 16.7 Å². The van der Waals surface area contributed by atoms with E-state index in [-0.39, 0.29) is 25.5 Å². The first-order chi connectivity index (χ1) is 15.5. The molecule has 1 fully saturated rings. The van der Waals surface area contributed by atoms with Gasteiger partial charge in [-0.05, 0) is 47.0 Å². The van der Waals surface area contributed by atoms with Crippen LogP contribution in [0.4, 0.5) is 0 Å². The SMILES string of the molecule is COc1cccc(C(=O)N2CCO[C@](Cc3cccc(-c4ccncc4)c3)(C(N)=O)C2)c1. The quantitative estimate of drug-likeness (QED) is 0.648. The molecule has 2 heterocycles. The van der Waals surface area contributed by atoms with Gasteiger partial charge in [0.05, 0.1) is 20.3 Å². The molecule has 7 heteroatoms. The summed E-state index contributed by atoms with van der Waals surface area (Å²) in [4.78, 5) is 31.4. The third-order valence-corrected chi connectivity index (χ3v) is 5.67. The number of hydrogen-bond donors (Lipinski definition) is 1. The van der Waals surface area contributed by atoms with Gasteiger partial charge in [-0.15, -0.1) is 0 Å². The van der Waals surface area contributed by atoms with Gasteiger partial charge in [0.25, 0.3) is 11.8 Å². The zero-order valence-electron chi connectivity index (χ0n) is 17.9. The van der Waals surface area contributed by atoms with Gasteiger partial charge in [0.2, 0.25) is 0 Å². The number of carbonyl (C=O) groups is 2. The van der Waals surface area contributed by atoms with Crippen molar-refractivity contribution >= 4 is 11.8 Å². The van der Waals surface area contributed by atoms with Crippen molar-refractivity contribution in [2.24, 2.45) is 5.73 Å². The molecule has 1 saturated heterocycles. The smallest absolute Gasteiger partial charge is 0.254 e. The normalized spacial score (nSPS) is 18.2. The molecular weight excluding hydrogens is 406 g/mol. The van der Waals surface area contributed by atoms with Gasteiger partial charge in [0.15, 0.2) is 5.60 Å². The van der Waals surface area contributed by atoms with Gasteiger partial charge in [-0.1, -0.05) is 30.3 Å². The Morgan fingerprint density at radius 2 is 1.88 bits per heavy atom. The molecule has 32 heavy (non-hydrogen) atoms. The van der Waals surface area contributed by atoms with E-state index in [0.29, 0.717) is 17.9 Å². The molecule has 1 aliphatic heterocycles. The van der Waals surface area contributed by atoms with Gasteiger partial charge in [-0.25, -0.2) is 0 Å². The zero-order valence-corrected chi connectivity index (χ0v) is 17.9. The maximum Gasteiger partial charge on any atom is 0.254 e. The van der Waals surface area contributed by atoms with Crippen LogP contribution in [0.15, 0.2) is 73.1 Å². The molecule has 2 amide bonds. The number of ether oxygens (including phenoxy) is 2. The van der Waals surface area contributed by atoms with Crippen molar-refractivity contribution in [3.05, 3.63) is 84.2 Å². The summed E-state index contributed by atoms with van der Waals surface area (Å²) >= 11 is 0. The topological polar surface area (TPSA) is 94.8 Å². The number of amides is 2. The predicted octanol–water partition coefficient (Wildman–Crippen LogP) is 2.70. The van der Waals surface area contributed by atoms with E-state index in [2.05, 4.69) is 4.98 Å². The van der Waals surface area contributed by atoms with Crippen molar-refractivity contribution in [3.8, 4) is 16.9 Å². The molecule has 0 spiro atoms. The number of nitrogens with two attached hydrogens (primary N) is 1. The summed E-state index contributed by atoms with van der Waals surface area (Å²) in [7, 11) is 1.55. The maximum absolute atomic E-state index is 13.1. The van der Waals surface area contributed by atoms with Gasteiger partial charge >= 0.3 is 0 Å². The number of primary amides is 1. The lowest BCUT2D eigenvalue weighted by Gasteiger charge is -2.40. The van der Waals surface area contributed by atoms with Crippen LogP contribution in [0.2, 0.25) is 0 Å². The second-order valence-corrected chi connectivity index (χ2v) is 7.78. The van der Waals surface area contributed by atoms with Crippen LogP contribution < -0.4 is 10.5 Å². The Morgan fingerprint density at radius 3 is 2.62 bits per heavy atom. The summed E-state index contributed by atoms with van der Waals surface area (Å²) in [5.41, 5.74) is 7.93. The van der Waals surface area contributed by atoms with Crippen LogP contribution >= 0.6 is 0 Å². The second kappa shape index (κ2) is 9.20. The Kier molecular flexibility index (Phi) is 6.18. The molecular formula is C25H25N3O4. The first-order valence-corrected chi connectivity index (χ1v) is 10.4. The van der Waals surface area contributed by atoms with Crippen molar-refractivity contribution in [1.29, 1.82) is 0 Å². The average molecular weight is 431 g/mol. The van der Waals surface area contributed by atoms with E-state index < -0.39 is 11.5 Å². The summed E-state index contributed by atoms with van der Waals surface area (Å²) in [5, 5.41) is 0. The summed E-state index contributed by atoms with van der Waals surface area (Å²) < 4.78 is 11.2. The molecule has 4 rings (SSSR count). The van der Waals surface area contributed by atoms with E-state index in [1.807, 2.05) is 36.4 Å². The standard InChI is InChI=1S/C25H25N3O4/c1-31-22-7-3-6-21(15-22)23(29)28-12-13-32-25(17-28,24(26)30)16-18-4-2-5-20(14-18)19-8-10-27-11-9-19/h2-11,14-15H,12-13,16-17H2,1H3,(H2,26,30)/t25-/m0/s1. The first kappa shape index (κ1) is 21.5. The minimum absolute atomic E-state index is 0.0812. The van der Waals surface area contributed by atoms with Crippen LogP contribution in [-0.2, 0) is 16.0 Å². The minimum atomic E-state index is -1.30. The third kappa shape index (κ3) is 4.48. The largest absolute Gasteiger partial charge is 0.497 e. The number of rotatable bonds is 6. The highest BCUT2D eigenvalue weighted by Gasteiger charge is 2.44. The first-order valence-electron chi connectivity index (χ1n) is 10.4. The van der Waals surface area contributed by atoms with Crippen molar-refractivity contribution in [1.82, 2.24) is 9.88 Å². The maximum atomic E-state index is 13.1. The fraction of sp³-hybridized carbons (Fsp3) is 0.240. The number of aromatic nitrogens is 1. The molecule has 7 nitrogen and oxygen atoms in total. The Bertz CT molecular complexity index is 1120. The lowest BCUT2D eigenvalue weighted by atomic mass is 9.90. The monoisotopic (exact) mass is 431 g/mol. The number of hydrogen-bond acceptors (Lipinski definition) is 5. The zero-order chi connectivity index (χ0) is 22.6. The molecule has 0 bridgehead atoms. The summed E-state index contributed by atoms with van der Waals surface area (Å²) in [6.45, 7) is 0.683. The van der Waals surface area contributed by atoms with Crippen LogP contribution in [0, 0.1) is 0 Å². The Morgan fingerprint density at radius 1 is 1.09 bits per heavy atom. The Hall–Kier alpha value is -3.71. The minimum Gasteiger partial charge on any atom is -0.497 e. The number of morpholine rings is 1. The van der Waals surface area contributed by atoms with Crippen molar-refractivity contribution in [2.75, 3.05) is 26.8 Å². The van der Waals surface area contributed by atoms with Gasteiger partial charge in [-0.2, -0.15) is 0 Å². The average Bonchev–Trinajstić information content (AvgIpc) is 2.84. The van der Waals surface area contributed by atoms with Crippen LogP contribution in [0.1, 0.15) is 15.9 Å². The van der Waals surface area contributed by atoms with E-state index in [1.165, 1.54) is 0 Å².